The van der Waals surface area contributed by atoms with Gasteiger partial charge < -0.3 is 15.1 Å². The standard InChI is InChI=1S/C19H21N5O4S2/c1-11(25)15(17(28)23(2)3)29-19-22-21-18(30-19)20-16(27)12-9-14(26)24(10-12)13-7-5-4-6-8-13/h4-8,12,15H,9-10H2,1-3H3,(H,20,21,27)/t12-,15-/m1/s1. The molecular weight excluding hydrogens is 426 g/mol. The number of hydrogen-bond acceptors (Lipinski definition) is 8. The highest BCUT2D eigenvalue weighted by atomic mass is 32.2. The molecule has 1 aliphatic rings. The first-order chi connectivity index (χ1) is 14.3. The van der Waals surface area contributed by atoms with Crippen molar-refractivity contribution >= 4 is 57.4 Å². The summed E-state index contributed by atoms with van der Waals surface area (Å²) in [7, 11) is 3.15. The van der Waals surface area contributed by atoms with E-state index in [-0.39, 0.29) is 35.1 Å². The Morgan fingerprint density at radius 2 is 1.93 bits per heavy atom. The maximum absolute atomic E-state index is 12.6. The smallest absolute Gasteiger partial charge is 0.243 e. The van der Waals surface area contributed by atoms with Crippen molar-refractivity contribution in [3.63, 3.8) is 0 Å². The molecule has 0 saturated carbocycles. The van der Waals surface area contributed by atoms with Crippen molar-refractivity contribution in [2.45, 2.75) is 22.9 Å². The molecule has 11 heteroatoms. The molecule has 3 rings (SSSR count). The Morgan fingerprint density at radius 3 is 2.57 bits per heavy atom. The fourth-order valence-electron chi connectivity index (χ4n) is 2.90. The second-order valence-corrected chi connectivity index (χ2v) is 9.27. The number of rotatable bonds is 7. The second-order valence-electron chi connectivity index (χ2n) is 6.94. The second kappa shape index (κ2) is 9.35. The molecule has 0 aliphatic carbocycles. The molecule has 2 heterocycles. The van der Waals surface area contributed by atoms with Gasteiger partial charge in [-0.15, -0.1) is 10.2 Å². The molecule has 0 unspecified atom stereocenters. The molecule has 0 spiro atoms. The Balaban J connectivity index is 1.62. The van der Waals surface area contributed by atoms with Crippen LogP contribution in [0.5, 0.6) is 0 Å². The Morgan fingerprint density at radius 1 is 1.23 bits per heavy atom. The van der Waals surface area contributed by atoms with Crippen LogP contribution in [0.1, 0.15) is 13.3 Å². The number of Topliss-reactive ketones (excluding diaryl/α,β-unsaturated/α-hetero) is 1. The van der Waals surface area contributed by atoms with Crippen molar-refractivity contribution in [2.75, 3.05) is 30.9 Å². The number of amides is 3. The lowest BCUT2D eigenvalue weighted by molar-refractivity contribution is -0.132. The zero-order chi connectivity index (χ0) is 21.8. The number of ketones is 1. The molecule has 1 fully saturated rings. The lowest BCUT2D eigenvalue weighted by Crippen LogP contribution is -2.35. The summed E-state index contributed by atoms with van der Waals surface area (Å²) in [6.07, 6.45) is 0.116. The normalized spacial score (nSPS) is 17.0. The van der Waals surface area contributed by atoms with Gasteiger partial charge in [-0.1, -0.05) is 41.3 Å². The van der Waals surface area contributed by atoms with Crippen LogP contribution in [0, 0.1) is 5.92 Å². The molecule has 0 bridgehead atoms. The third-order valence-corrected chi connectivity index (χ3v) is 6.68. The number of benzene rings is 1. The van der Waals surface area contributed by atoms with Gasteiger partial charge >= 0.3 is 0 Å². The van der Waals surface area contributed by atoms with Crippen LogP contribution in [0.4, 0.5) is 10.8 Å². The minimum absolute atomic E-state index is 0.110. The average molecular weight is 448 g/mol. The molecule has 158 valence electrons. The lowest BCUT2D eigenvalue weighted by Gasteiger charge is -2.16. The summed E-state index contributed by atoms with van der Waals surface area (Å²) in [6.45, 7) is 1.64. The van der Waals surface area contributed by atoms with Crippen molar-refractivity contribution in [3.05, 3.63) is 30.3 Å². The molecule has 0 radical (unpaired) electrons. The highest BCUT2D eigenvalue weighted by molar-refractivity contribution is 8.03. The van der Waals surface area contributed by atoms with Gasteiger partial charge in [-0.25, -0.2) is 0 Å². The summed E-state index contributed by atoms with van der Waals surface area (Å²) in [5.41, 5.74) is 0.758. The Kier molecular flexibility index (Phi) is 6.83. The van der Waals surface area contributed by atoms with Gasteiger partial charge in [-0.05, 0) is 19.1 Å². The van der Waals surface area contributed by atoms with Crippen LogP contribution in [0.15, 0.2) is 34.7 Å². The van der Waals surface area contributed by atoms with E-state index in [0.29, 0.717) is 10.9 Å². The molecule has 1 N–H and O–H groups in total. The van der Waals surface area contributed by atoms with Crippen LogP contribution in [0.3, 0.4) is 0 Å². The van der Waals surface area contributed by atoms with E-state index in [9.17, 15) is 19.2 Å². The number of aromatic nitrogens is 2. The van der Waals surface area contributed by atoms with E-state index in [4.69, 9.17) is 0 Å². The predicted molar refractivity (Wildman–Crippen MR) is 114 cm³/mol. The largest absolute Gasteiger partial charge is 0.347 e. The quantitative estimate of drug-likeness (QED) is 0.390. The summed E-state index contributed by atoms with van der Waals surface area (Å²) in [5, 5.41) is 9.90. The van der Waals surface area contributed by atoms with Crippen molar-refractivity contribution in [1.82, 2.24) is 15.1 Å². The van der Waals surface area contributed by atoms with E-state index in [0.717, 1.165) is 28.8 Å². The summed E-state index contributed by atoms with van der Waals surface area (Å²) < 4.78 is 0.397. The molecule has 9 nitrogen and oxygen atoms in total. The van der Waals surface area contributed by atoms with Gasteiger partial charge in [-0.2, -0.15) is 0 Å². The molecular formula is C19H21N5O4S2. The fraction of sp³-hybridized carbons (Fsp3) is 0.368. The molecule has 2 aromatic rings. The van der Waals surface area contributed by atoms with Crippen LogP contribution in [-0.4, -0.2) is 64.5 Å². The number of hydrogen-bond donors (Lipinski definition) is 1. The van der Waals surface area contributed by atoms with Crippen LogP contribution >= 0.6 is 23.1 Å². The minimum atomic E-state index is -0.914. The van der Waals surface area contributed by atoms with E-state index in [2.05, 4.69) is 15.5 Å². The van der Waals surface area contributed by atoms with Gasteiger partial charge in [0.1, 0.15) is 5.25 Å². The van der Waals surface area contributed by atoms with Crippen LogP contribution < -0.4 is 10.2 Å². The summed E-state index contributed by atoms with van der Waals surface area (Å²) >= 11 is 2.08. The van der Waals surface area contributed by atoms with Gasteiger partial charge in [0, 0.05) is 32.7 Å². The number of carbonyl (C=O) groups is 4. The van der Waals surface area contributed by atoms with E-state index < -0.39 is 11.2 Å². The Bertz CT molecular complexity index is 963. The molecule has 1 aromatic heterocycles. The van der Waals surface area contributed by atoms with E-state index >= 15 is 0 Å². The average Bonchev–Trinajstić information content (AvgIpc) is 3.32. The molecule has 3 amide bonds. The van der Waals surface area contributed by atoms with E-state index in [1.807, 2.05) is 30.3 Å². The summed E-state index contributed by atoms with van der Waals surface area (Å²) in [6, 6.07) is 9.19. The molecule has 1 aromatic carbocycles. The first kappa shape index (κ1) is 21.9. The predicted octanol–water partition coefficient (Wildman–Crippen LogP) is 1.67. The van der Waals surface area contributed by atoms with E-state index in [1.165, 1.54) is 11.8 Å². The van der Waals surface area contributed by atoms with Crippen molar-refractivity contribution in [2.24, 2.45) is 5.92 Å². The number of para-hydroxylation sites is 1. The van der Waals surface area contributed by atoms with Crippen LogP contribution in [-0.2, 0) is 19.2 Å². The third kappa shape index (κ3) is 5.03. The van der Waals surface area contributed by atoms with Crippen molar-refractivity contribution in [1.29, 1.82) is 0 Å². The highest BCUT2D eigenvalue weighted by Gasteiger charge is 2.35. The monoisotopic (exact) mass is 447 g/mol. The molecule has 1 saturated heterocycles. The number of anilines is 2. The third-order valence-electron chi connectivity index (χ3n) is 4.45. The number of nitrogens with zero attached hydrogens (tertiary/aromatic N) is 4. The molecule has 2 atom stereocenters. The van der Waals surface area contributed by atoms with Gasteiger partial charge in [0.25, 0.3) is 0 Å². The first-order valence-corrected chi connectivity index (χ1v) is 10.8. The Labute approximate surface area is 181 Å². The lowest BCUT2D eigenvalue weighted by atomic mass is 10.1. The van der Waals surface area contributed by atoms with Crippen molar-refractivity contribution in [3.8, 4) is 0 Å². The maximum Gasteiger partial charge on any atom is 0.243 e. The minimum Gasteiger partial charge on any atom is -0.347 e. The number of thioether (sulfide) groups is 1. The number of carbonyl (C=O) groups excluding carboxylic acids is 4. The first-order valence-electron chi connectivity index (χ1n) is 9.14. The van der Waals surface area contributed by atoms with Gasteiger partial charge in [0.2, 0.25) is 22.9 Å². The zero-order valence-corrected chi connectivity index (χ0v) is 18.3. The Hall–Kier alpha value is -2.79. The zero-order valence-electron chi connectivity index (χ0n) is 16.7. The van der Waals surface area contributed by atoms with Crippen molar-refractivity contribution < 1.29 is 19.2 Å². The van der Waals surface area contributed by atoms with Crippen LogP contribution in [0.25, 0.3) is 0 Å². The van der Waals surface area contributed by atoms with E-state index in [1.54, 1.807) is 19.0 Å². The maximum atomic E-state index is 12.6. The molecule has 30 heavy (non-hydrogen) atoms. The summed E-state index contributed by atoms with van der Waals surface area (Å²) in [4.78, 5) is 51.8. The SMILES string of the molecule is CC(=O)[C@@H](Sc1nnc(NC(=O)[C@@H]2CC(=O)N(c3ccccc3)C2)s1)C(=O)N(C)C. The van der Waals surface area contributed by atoms with Gasteiger partial charge in [-0.3, -0.25) is 19.2 Å². The van der Waals surface area contributed by atoms with Gasteiger partial charge in [0.05, 0.1) is 5.92 Å². The topological polar surface area (TPSA) is 113 Å². The number of nitrogens with one attached hydrogen (secondary N) is 1. The van der Waals surface area contributed by atoms with Crippen LogP contribution in [0.2, 0.25) is 0 Å². The fourth-order valence-corrected chi connectivity index (χ4v) is 4.86. The highest BCUT2D eigenvalue weighted by Crippen LogP contribution is 2.31. The summed E-state index contributed by atoms with van der Waals surface area (Å²) in [5.74, 6) is -1.55. The van der Waals surface area contributed by atoms with Gasteiger partial charge in [0.15, 0.2) is 10.1 Å². The molecule has 1 aliphatic heterocycles.